The molecular weight excluding hydrogens is 439 g/mol. The molecule has 0 aliphatic carbocycles. The summed E-state index contributed by atoms with van der Waals surface area (Å²) >= 11 is 0. The van der Waals surface area contributed by atoms with Gasteiger partial charge in [-0.1, -0.05) is 6.07 Å². The van der Waals surface area contributed by atoms with Gasteiger partial charge in [0.1, 0.15) is 12.4 Å². The van der Waals surface area contributed by atoms with Gasteiger partial charge in [0.2, 0.25) is 11.8 Å². The van der Waals surface area contributed by atoms with E-state index in [2.05, 4.69) is 15.2 Å². The Labute approximate surface area is 195 Å². The van der Waals surface area contributed by atoms with E-state index in [0.717, 1.165) is 11.8 Å². The molecule has 2 heterocycles. The molecule has 2 amide bonds. The number of halogens is 1. The van der Waals surface area contributed by atoms with Crippen molar-refractivity contribution in [1.82, 2.24) is 19.8 Å². The normalized spacial score (nSPS) is 13.6. The zero-order valence-corrected chi connectivity index (χ0v) is 18.6. The lowest BCUT2D eigenvalue weighted by Crippen LogP contribution is -2.48. The van der Waals surface area contributed by atoms with E-state index in [9.17, 15) is 18.8 Å². The quantitative estimate of drug-likeness (QED) is 0.614. The van der Waals surface area contributed by atoms with Crippen LogP contribution in [-0.4, -0.2) is 52.4 Å². The number of carbonyl (C=O) groups is 2. The van der Waals surface area contributed by atoms with E-state index in [-0.39, 0.29) is 35.7 Å². The van der Waals surface area contributed by atoms with Crippen LogP contribution in [-0.2, 0) is 22.7 Å². The standard InChI is InChI=1S/C24H23FN6O3/c1-16(32)29-6-8-30(9-7-29)19-4-5-22-20(11-19)24(34)31(15-28-22)14-23(33)27-13-18-3-2-17(12-26)10-21(18)25/h2-5,10-11,15H,6-9,13-14H2,1H3,(H,27,33). The number of piperazine rings is 1. The van der Waals surface area contributed by atoms with Crippen LogP contribution in [0.2, 0.25) is 0 Å². The van der Waals surface area contributed by atoms with Gasteiger partial charge >= 0.3 is 0 Å². The minimum absolute atomic E-state index is 0.0467. The number of fused-ring (bicyclic) bond motifs is 1. The first-order chi connectivity index (χ1) is 16.4. The number of rotatable bonds is 5. The van der Waals surface area contributed by atoms with Gasteiger partial charge < -0.3 is 15.1 Å². The van der Waals surface area contributed by atoms with E-state index in [0.29, 0.717) is 37.1 Å². The van der Waals surface area contributed by atoms with Gasteiger partial charge in [0.25, 0.3) is 5.56 Å². The number of aromatic nitrogens is 2. The summed E-state index contributed by atoms with van der Waals surface area (Å²) < 4.78 is 15.2. The smallest absolute Gasteiger partial charge is 0.261 e. The molecule has 0 unspecified atom stereocenters. The monoisotopic (exact) mass is 462 g/mol. The molecule has 10 heteroatoms. The average Bonchev–Trinajstić information content (AvgIpc) is 2.85. The highest BCUT2D eigenvalue weighted by Crippen LogP contribution is 2.20. The number of nitrogens with one attached hydrogen (secondary N) is 1. The maximum atomic E-state index is 14.0. The second-order valence-electron chi connectivity index (χ2n) is 8.07. The molecule has 1 fully saturated rings. The van der Waals surface area contributed by atoms with E-state index in [1.807, 2.05) is 12.1 Å². The van der Waals surface area contributed by atoms with E-state index >= 15 is 0 Å². The van der Waals surface area contributed by atoms with Crippen molar-refractivity contribution in [2.45, 2.75) is 20.0 Å². The topological polar surface area (TPSA) is 111 Å². The lowest BCUT2D eigenvalue weighted by atomic mass is 10.1. The fourth-order valence-corrected chi connectivity index (χ4v) is 3.90. The van der Waals surface area contributed by atoms with Gasteiger partial charge in [0.15, 0.2) is 0 Å². The van der Waals surface area contributed by atoms with E-state index in [4.69, 9.17) is 5.26 Å². The Morgan fingerprint density at radius 1 is 1.15 bits per heavy atom. The van der Waals surface area contributed by atoms with Crippen LogP contribution in [0.1, 0.15) is 18.1 Å². The zero-order valence-electron chi connectivity index (χ0n) is 18.6. The maximum absolute atomic E-state index is 14.0. The number of nitriles is 1. The third kappa shape index (κ3) is 4.88. The molecule has 1 saturated heterocycles. The van der Waals surface area contributed by atoms with Crippen molar-refractivity contribution in [3.8, 4) is 6.07 Å². The van der Waals surface area contributed by atoms with Crippen molar-refractivity contribution in [2.75, 3.05) is 31.1 Å². The van der Waals surface area contributed by atoms with Crippen LogP contribution in [0.5, 0.6) is 0 Å². The molecule has 0 spiro atoms. The predicted molar refractivity (Wildman–Crippen MR) is 123 cm³/mol. The molecular formula is C24H23FN6O3. The molecule has 0 atom stereocenters. The Balaban J connectivity index is 1.46. The Hall–Kier alpha value is -4.26. The number of hydrogen-bond donors (Lipinski definition) is 1. The van der Waals surface area contributed by atoms with Crippen LogP contribution in [0.15, 0.2) is 47.5 Å². The molecule has 174 valence electrons. The van der Waals surface area contributed by atoms with Gasteiger partial charge in [-0.3, -0.25) is 19.0 Å². The van der Waals surface area contributed by atoms with E-state index < -0.39 is 11.7 Å². The third-order valence-electron chi connectivity index (χ3n) is 5.87. The minimum Gasteiger partial charge on any atom is -0.368 e. The number of nitrogens with zero attached hydrogens (tertiary/aromatic N) is 5. The van der Waals surface area contributed by atoms with Gasteiger partial charge in [-0.05, 0) is 30.3 Å². The second-order valence-corrected chi connectivity index (χ2v) is 8.07. The van der Waals surface area contributed by atoms with E-state index in [1.165, 1.54) is 23.0 Å². The fourth-order valence-electron chi connectivity index (χ4n) is 3.90. The molecule has 2 aromatic carbocycles. The SMILES string of the molecule is CC(=O)N1CCN(c2ccc3ncn(CC(=O)NCc4ccc(C#N)cc4F)c(=O)c3c2)CC1. The van der Waals surface area contributed by atoms with Crippen LogP contribution < -0.4 is 15.8 Å². The lowest BCUT2D eigenvalue weighted by molar-refractivity contribution is -0.129. The summed E-state index contributed by atoms with van der Waals surface area (Å²) in [5.74, 6) is -1.01. The van der Waals surface area contributed by atoms with Crippen molar-refractivity contribution in [3.05, 3.63) is 70.0 Å². The molecule has 0 radical (unpaired) electrons. The summed E-state index contributed by atoms with van der Waals surface area (Å²) in [6.07, 6.45) is 1.32. The average molecular weight is 462 g/mol. The number of anilines is 1. The number of carbonyl (C=O) groups excluding carboxylic acids is 2. The van der Waals surface area contributed by atoms with E-state index in [1.54, 1.807) is 24.0 Å². The van der Waals surface area contributed by atoms with Crippen molar-refractivity contribution in [3.63, 3.8) is 0 Å². The Bertz CT molecular complexity index is 1360. The van der Waals surface area contributed by atoms with Crippen LogP contribution in [0, 0.1) is 17.1 Å². The molecule has 1 aliphatic rings. The van der Waals surface area contributed by atoms with Crippen LogP contribution in [0.4, 0.5) is 10.1 Å². The molecule has 1 aliphatic heterocycles. The first-order valence-corrected chi connectivity index (χ1v) is 10.8. The molecule has 4 rings (SSSR count). The Morgan fingerprint density at radius 2 is 1.91 bits per heavy atom. The molecule has 9 nitrogen and oxygen atoms in total. The fraction of sp³-hybridized carbons (Fsp3) is 0.292. The van der Waals surface area contributed by atoms with Crippen LogP contribution in [0.3, 0.4) is 0 Å². The summed E-state index contributed by atoms with van der Waals surface area (Å²) in [7, 11) is 0. The third-order valence-corrected chi connectivity index (χ3v) is 5.87. The largest absolute Gasteiger partial charge is 0.368 e. The summed E-state index contributed by atoms with van der Waals surface area (Å²) in [6, 6.07) is 11.3. The van der Waals surface area contributed by atoms with Gasteiger partial charge in [0.05, 0.1) is 28.9 Å². The number of hydrogen-bond acceptors (Lipinski definition) is 6. The van der Waals surface area contributed by atoms with Gasteiger partial charge in [-0.15, -0.1) is 0 Å². The second kappa shape index (κ2) is 9.70. The highest BCUT2D eigenvalue weighted by Gasteiger charge is 2.19. The van der Waals surface area contributed by atoms with Crippen molar-refractivity contribution >= 4 is 28.4 Å². The first-order valence-electron chi connectivity index (χ1n) is 10.8. The van der Waals surface area contributed by atoms with Crippen molar-refractivity contribution < 1.29 is 14.0 Å². The van der Waals surface area contributed by atoms with Gasteiger partial charge in [-0.25, -0.2) is 9.37 Å². The summed E-state index contributed by atoms with van der Waals surface area (Å²) in [6.45, 7) is 3.78. The predicted octanol–water partition coefficient (Wildman–Crippen LogP) is 1.39. The van der Waals surface area contributed by atoms with Crippen molar-refractivity contribution in [2.24, 2.45) is 0 Å². The lowest BCUT2D eigenvalue weighted by Gasteiger charge is -2.35. The summed E-state index contributed by atoms with van der Waals surface area (Å²) in [4.78, 5) is 45.1. The minimum atomic E-state index is -0.583. The Kier molecular flexibility index (Phi) is 6.54. The molecule has 3 aromatic rings. The number of benzene rings is 2. The van der Waals surface area contributed by atoms with Crippen LogP contribution >= 0.6 is 0 Å². The van der Waals surface area contributed by atoms with Crippen LogP contribution in [0.25, 0.3) is 10.9 Å². The highest BCUT2D eigenvalue weighted by atomic mass is 19.1. The Morgan fingerprint density at radius 3 is 2.59 bits per heavy atom. The first kappa shape index (κ1) is 22.9. The zero-order chi connectivity index (χ0) is 24.2. The van der Waals surface area contributed by atoms with Gasteiger partial charge in [-0.2, -0.15) is 5.26 Å². The summed E-state index contributed by atoms with van der Waals surface area (Å²) in [5, 5.41) is 11.8. The molecule has 1 aromatic heterocycles. The number of amides is 2. The maximum Gasteiger partial charge on any atom is 0.261 e. The molecule has 0 bridgehead atoms. The highest BCUT2D eigenvalue weighted by molar-refractivity contribution is 5.82. The molecule has 34 heavy (non-hydrogen) atoms. The van der Waals surface area contributed by atoms with Gasteiger partial charge in [0, 0.05) is 50.9 Å². The summed E-state index contributed by atoms with van der Waals surface area (Å²) in [5.41, 5.74) is 1.46. The van der Waals surface area contributed by atoms with Crippen molar-refractivity contribution in [1.29, 1.82) is 5.26 Å². The molecule has 0 saturated carbocycles. The molecule has 1 N–H and O–H groups in total.